The molecule has 0 radical (unpaired) electrons. The third-order valence-electron chi connectivity index (χ3n) is 4.30. The molecule has 0 aromatic rings. The van der Waals surface area contributed by atoms with Gasteiger partial charge in [-0.15, -0.1) is 0 Å². The summed E-state index contributed by atoms with van der Waals surface area (Å²) >= 11 is 0. The highest BCUT2D eigenvalue weighted by molar-refractivity contribution is 5.68. The number of likely N-dealkylation sites (tertiary alicyclic amines) is 1. The molecular formula is C17H34N2O3. The number of hydrogen-bond donors (Lipinski definition) is 1. The van der Waals surface area contributed by atoms with Crippen LogP contribution in [0.4, 0.5) is 4.79 Å². The number of hydrogen-bond acceptors (Lipinski definition) is 4. The van der Waals surface area contributed by atoms with Crippen molar-refractivity contribution in [2.75, 3.05) is 33.4 Å². The van der Waals surface area contributed by atoms with Crippen LogP contribution >= 0.6 is 0 Å². The second kappa shape index (κ2) is 8.16. The van der Waals surface area contributed by atoms with E-state index in [0.29, 0.717) is 6.04 Å². The fourth-order valence-electron chi connectivity index (χ4n) is 2.65. The van der Waals surface area contributed by atoms with E-state index in [0.717, 1.165) is 45.5 Å². The molecule has 5 nitrogen and oxygen atoms in total. The first-order valence-electron chi connectivity index (χ1n) is 8.39. The highest BCUT2D eigenvalue weighted by Gasteiger charge is 2.33. The average Bonchev–Trinajstić information content (AvgIpc) is 2.42. The van der Waals surface area contributed by atoms with Crippen LogP contribution in [0.3, 0.4) is 0 Å². The molecule has 1 amide bonds. The van der Waals surface area contributed by atoms with E-state index >= 15 is 0 Å². The summed E-state index contributed by atoms with van der Waals surface area (Å²) in [6.45, 7) is 13.4. The van der Waals surface area contributed by atoms with E-state index in [-0.39, 0.29) is 11.5 Å². The molecular weight excluding hydrogens is 280 g/mol. The fourth-order valence-corrected chi connectivity index (χ4v) is 2.65. The molecule has 1 heterocycles. The van der Waals surface area contributed by atoms with Crippen molar-refractivity contribution in [3.63, 3.8) is 0 Å². The maximum Gasteiger partial charge on any atom is 0.410 e. The smallest absolute Gasteiger partial charge is 0.410 e. The molecule has 0 aliphatic carbocycles. The quantitative estimate of drug-likeness (QED) is 0.819. The van der Waals surface area contributed by atoms with E-state index in [1.165, 1.54) is 0 Å². The molecule has 0 bridgehead atoms. The molecule has 1 N–H and O–H groups in total. The lowest BCUT2D eigenvalue weighted by atomic mass is 9.80. The zero-order valence-corrected chi connectivity index (χ0v) is 15.2. The zero-order valence-electron chi connectivity index (χ0n) is 15.2. The van der Waals surface area contributed by atoms with Crippen LogP contribution in [0.15, 0.2) is 0 Å². The number of rotatable bonds is 6. The topological polar surface area (TPSA) is 50.8 Å². The van der Waals surface area contributed by atoms with Gasteiger partial charge in [0.05, 0.1) is 6.61 Å². The number of methoxy groups -OCH3 is 1. The Morgan fingerprint density at radius 1 is 1.32 bits per heavy atom. The second-order valence-corrected chi connectivity index (χ2v) is 7.72. The third kappa shape index (κ3) is 6.53. The molecule has 0 aromatic heterocycles. The van der Waals surface area contributed by atoms with Crippen LogP contribution in [0, 0.1) is 5.41 Å². The van der Waals surface area contributed by atoms with E-state index in [9.17, 15) is 4.79 Å². The Balaban J connectivity index is 2.41. The lowest BCUT2D eigenvalue weighted by Gasteiger charge is -2.40. The lowest BCUT2D eigenvalue weighted by Crippen LogP contribution is -2.48. The molecule has 1 aliphatic heterocycles. The number of nitrogens with zero attached hydrogens (tertiary/aromatic N) is 1. The summed E-state index contributed by atoms with van der Waals surface area (Å²) in [6, 6.07) is 0.408. The molecule has 1 rings (SSSR count). The van der Waals surface area contributed by atoms with Crippen molar-refractivity contribution in [1.82, 2.24) is 10.2 Å². The van der Waals surface area contributed by atoms with Crippen LogP contribution in [-0.2, 0) is 9.47 Å². The lowest BCUT2D eigenvalue weighted by molar-refractivity contribution is 0.0114. The minimum absolute atomic E-state index is 0.187. The Morgan fingerprint density at radius 2 is 1.91 bits per heavy atom. The van der Waals surface area contributed by atoms with Crippen LogP contribution in [0.25, 0.3) is 0 Å². The Labute approximate surface area is 135 Å². The molecule has 1 atom stereocenters. The monoisotopic (exact) mass is 314 g/mol. The summed E-state index contributed by atoms with van der Waals surface area (Å²) < 4.78 is 10.7. The molecule has 0 aromatic carbocycles. The van der Waals surface area contributed by atoms with E-state index < -0.39 is 5.60 Å². The third-order valence-corrected chi connectivity index (χ3v) is 4.30. The van der Waals surface area contributed by atoms with Gasteiger partial charge < -0.3 is 19.7 Å². The predicted molar refractivity (Wildman–Crippen MR) is 89.1 cm³/mol. The van der Waals surface area contributed by atoms with E-state index in [1.807, 2.05) is 25.7 Å². The van der Waals surface area contributed by atoms with Crippen LogP contribution in [0.5, 0.6) is 0 Å². The standard InChI is InChI=1S/C17H34N2O3/c1-7-14(12-21-6)18-13-17(5)8-10-19(11-9-17)15(20)22-16(2,3)4/h14,18H,7-13H2,1-6H3. The van der Waals surface area contributed by atoms with Crippen molar-refractivity contribution in [2.45, 2.75) is 65.5 Å². The van der Waals surface area contributed by atoms with Gasteiger partial charge in [-0.1, -0.05) is 13.8 Å². The molecule has 130 valence electrons. The molecule has 1 unspecified atom stereocenters. The molecule has 1 aliphatic rings. The first kappa shape index (κ1) is 19.2. The Morgan fingerprint density at radius 3 is 2.36 bits per heavy atom. The maximum atomic E-state index is 12.1. The van der Waals surface area contributed by atoms with Crippen molar-refractivity contribution in [3.8, 4) is 0 Å². The summed E-state index contributed by atoms with van der Waals surface area (Å²) in [4.78, 5) is 13.9. The maximum absolute atomic E-state index is 12.1. The highest BCUT2D eigenvalue weighted by Crippen LogP contribution is 2.31. The number of piperidine rings is 1. The number of amides is 1. The molecule has 0 saturated carbocycles. The minimum Gasteiger partial charge on any atom is -0.444 e. The average molecular weight is 314 g/mol. The summed E-state index contributed by atoms with van der Waals surface area (Å²) in [5.41, 5.74) is -0.187. The molecule has 0 spiro atoms. The molecule has 22 heavy (non-hydrogen) atoms. The highest BCUT2D eigenvalue weighted by atomic mass is 16.6. The van der Waals surface area contributed by atoms with Gasteiger partial charge in [-0.2, -0.15) is 0 Å². The van der Waals surface area contributed by atoms with Crippen molar-refractivity contribution in [1.29, 1.82) is 0 Å². The predicted octanol–water partition coefficient (Wildman–Crippen LogP) is 3.04. The van der Waals surface area contributed by atoms with Gasteiger partial charge in [0.25, 0.3) is 0 Å². The normalized spacial score (nSPS) is 19.8. The largest absolute Gasteiger partial charge is 0.444 e. The number of carbonyl (C=O) groups is 1. The van der Waals surface area contributed by atoms with Gasteiger partial charge in [-0.05, 0) is 45.4 Å². The summed E-state index contributed by atoms with van der Waals surface area (Å²) in [5, 5.41) is 3.60. The van der Waals surface area contributed by atoms with Gasteiger partial charge in [0.15, 0.2) is 0 Å². The second-order valence-electron chi connectivity index (χ2n) is 7.72. The van der Waals surface area contributed by atoms with Crippen molar-refractivity contribution < 1.29 is 14.3 Å². The van der Waals surface area contributed by atoms with Gasteiger partial charge in [0.1, 0.15) is 5.60 Å². The van der Waals surface area contributed by atoms with Gasteiger partial charge in [-0.3, -0.25) is 0 Å². The first-order valence-corrected chi connectivity index (χ1v) is 8.39. The van der Waals surface area contributed by atoms with Crippen molar-refractivity contribution in [3.05, 3.63) is 0 Å². The number of carbonyl (C=O) groups excluding carboxylic acids is 1. The zero-order chi connectivity index (χ0) is 16.8. The summed E-state index contributed by atoms with van der Waals surface area (Å²) in [7, 11) is 1.74. The van der Waals surface area contributed by atoms with Crippen LogP contribution in [0.2, 0.25) is 0 Å². The van der Waals surface area contributed by atoms with Crippen molar-refractivity contribution in [2.24, 2.45) is 5.41 Å². The molecule has 1 saturated heterocycles. The Hall–Kier alpha value is -0.810. The van der Waals surface area contributed by atoms with Crippen molar-refractivity contribution >= 4 is 6.09 Å². The van der Waals surface area contributed by atoms with Gasteiger partial charge in [-0.25, -0.2) is 4.79 Å². The summed E-state index contributed by atoms with van der Waals surface area (Å²) in [6.07, 6.45) is 2.88. The van der Waals surface area contributed by atoms with Crippen LogP contribution in [-0.4, -0.2) is 56.0 Å². The van der Waals surface area contributed by atoms with E-state index in [2.05, 4.69) is 19.2 Å². The Bertz CT molecular complexity index is 344. The van der Waals surface area contributed by atoms with Gasteiger partial charge >= 0.3 is 6.09 Å². The minimum atomic E-state index is -0.423. The van der Waals surface area contributed by atoms with E-state index in [1.54, 1.807) is 7.11 Å². The molecule has 5 heteroatoms. The van der Waals surface area contributed by atoms with Gasteiger partial charge in [0, 0.05) is 32.8 Å². The summed E-state index contributed by atoms with van der Waals surface area (Å²) in [5.74, 6) is 0. The van der Waals surface area contributed by atoms with Gasteiger partial charge in [0.2, 0.25) is 0 Å². The van der Waals surface area contributed by atoms with Crippen LogP contribution < -0.4 is 5.32 Å². The number of nitrogens with one attached hydrogen (secondary N) is 1. The SMILES string of the molecule is CCC(COC)NCC1(C)CCN(C(=O)OC(C)(C)C)CC1. The van der Waals surface area contributed by atoms with Crippen LogP contribution in [0.1, 0.15) is 53.9 Å². The first-order chi connectivity index (χ1) is 10.2. The fraction of sp³-hybridized carbons (Fsp3) is 0.941. The van der Waals surface area contributed by atoms with E-state index in [4.69, 9.17) is 9.47 Å². The Kier molecular flexibility index (Phi) is 7.13. The number of ether oxygens (including phenoxy) is 2. The molecule has 1 fully saturated rings.